The molecule has 3 aromatic rings. The maximum atomic E-state index is 13.3. The minimum absolute atomic E-state index is 0.0522. The van der Waals surface area contributed by atoms with E-state index in [0.29, 0.717) is 0 Å². The van der Waals surface area contributed by atoms with Crippen molar-refractivity contribution in [2.24, 2.45) is 0 Å². The first-order valence-electron chi connectivity index (χ1n) is 6.88. The summed E-state index contributed by atoms with van der Waals surface area (Å²) in [5.74, 6) is -1.32. The van der Waals surface area contributed by atoms with Crippen molar-refractivity contribution in [2.75, 3.05) is 0 Å². The minimum Gasteiger partial charge on any atom is -0.478 e. The van der Waals surface area contributed by atoms with Crippen LogP contribution in [0.5, 0.6) is 0 Å². The zero-order chi connectivity index (χ0) is 18.4. The van der Waals surface area contributed by atoms with E-state index in [0.717, 1.165) is 12.1 Å². The van der Waals surface area contributed by atoms with Crippen molar-refractivity contribution in [3.8, 4) is 11.3 Å². The van der Waals surface area contributed by atoms with Crippen LogP contribution < -0.4 is 0 Å². The molecule has 0 saturated carbocycles. The van der Waals surface area contributed by atoms with Crippen molar-refractivity contribution in [1.29, 1.82) is 0 Å². The van der Waals surface area contributed by atoms with Crippen LogP contribution in [0.2, 0.25) is 10.0 Å². The first kappa shape index (κ1) is 17.5. The van der Waals surface area contributed by atoms with Crippen molar-refractivity contribution in [2.45, 2.75) is 6.18 Å². The van der Waals surface area contributed by atoms with E-state index >= 15 is 0 Å². The number of aromatic carboxylic acids is 1. The number of alkyl halides is 3. The summed E-state index contributed by atoms with van der Waals surface area (Å²) in [4.78, 5) is 15.7. The first-order valence-corrected chi connectivity index (χ1v) is 7.64. The third-order valence-electron chi connectivity index (χ3n) is 3.57. The smallest absolute Gasteiger partial charge is 0.417 e. The molecule has 0 radical (unpaired) electrons. The number of carboxylic acid groups (broad SMARTS) is 1. The largest absolute Gasteiger partial charge is 0.478 e. The van der Waals surface area contributed by atoms with Crippen molar-refractivity contribution in [3.63, 3.8) is 0 Å². The van der Waals surface area contributed by atoms with Gasteiger partial charge in [-0.1, -0.05) is 41.4 Å². The van der Waals surface area contributed by atoms with Crippen LogP contribution in [0.4, 0.5) is 13.2 Å². The number of carboxylic acids is 1. The standard InChI is InChI=1S/C17H8Cl2F3NO2/c18-8-5-10-11(16(24)25)7-14(23-15(10)13(19)6-8)9-3-1-2-4-12(9)17(20,21)22/h1-7H,(H,24,25). The predicted molar refractivity (Wildman–Crippen MR) is 89.2 cm³/mol. The predicted octanol–water partition coefficient (Wildman–Crippen LogP) is 5.93. The Hall–Kier alpha value is -2.31. The maximum Gasteiger partial charge on any atom is 0.417 e. The van der Waals surface area contributed by atoms with Gasteiger partial charge in [0.15, 0.2) is 0 Å². The number of pyridine rings is 1. The molecular formula is C17H8Cl2F3NO2. The quantitative estimate of drug-likeness (QED) is 0.594. The van der Waals surface area contributed by atoms with Crippen LogP contribution in [-0.2, 0) is 6.18 Å². The van der Waals surface area contributed by atoms with Crippen LogP contribution in [0.1, 0.15) is 15.9 Å². The summed E-state index contributed by atoms with van der Waals surface area (Å²) in [6, 6.07) is 8.60. The van der Waals surface area contributed by atoms with Crippen LogP contribution in [0.15, 0.2) is 42.5 Å². The highest BCUT2D eigenvalue weighted by atomic mass is 35.5. The highest BCUT2D eigenvalue weighted by Crippen LogP contribution is 2.38. The zero-order valence-electron chi connectivity index (χ0n) is 12.2. The van der Waals surface area contributed by atoms with Gasteiger partial charge in [-0.2, -0.15) is 13.2 Å². The number of rotatable bonds is 2. The molecule has 3 rings (SSSR count). The van der Waals surface area contributed by atoms with Crippen LogP contribution in [0.3, 0.4) is 0 Å². The summed E-state index contributed by atoms with van der Waals surface area (Å²) in [5.41, 5.74) is -1.45. The first-order chi connectivity index (χ1) is 11.7. The second kappa shape index (κ2) is 6.20. The average molecular weight is 386 g/mol. The average Bonchev–Trinajstić information content (AvgIpc) is 2.53. The van der Waals surface area contributed by atoms with E-state index in [1.165, 1.54) is 30.3 Å². The molecule has 3 nitrogen and oxygen atoms in total. The lowest BCUT2D eigenvalue weighted by molar-refractivity contribution is -0.137. The van der Waals surface area contributed by atoms with Gasteiger partial charge in [0.25, 0.3) is 0 Å². The molecule has 0 fully saturated rings. The summed E-state index contributed by atoms with van der Waals surface area (Å²) in [6.45, 7) is 0. The van der Waals surface area contributed by atoms with Gasteiger partial charge in [0.05, 0.1) is 27.4 Å². The molecule has 8 heteroatoms. The number of benzene rings is 2. The Kier molecular flexibility index (Phi) is 4.34. The molecule has 0 saturated heterocycles. The maximum absolute atomic E-state index is 13.3. The molecule has 1 aromatic heterocycles. The van der Waals surface area contributed by atoms with E-state index < -0.39 is 17.7 Å². The molecule has 0 bridgehead atoms. The number of hydrogen-bond acceptors (Lipinski definition) is 2. The van der Waals surface area contributed by atoms with Crippen LogP contribution in [-0.4, -0.2) is 16.1 Å². The van der Waals surface area contributed by atoms with E-state index in [4.69, 9.17) is 23.2 Å². The number of aromatic nitrogens is 1. The Bertz CT molecular complexity index is 1000. The lowest BCUT2D eigenvalue weighted by Crippen LogP contribution is -2.08. The number of fused-ring (bicyclic) bond motifs is 1. The topological polar surface area (TPSA) is 50.2 Å². The zero-order valence-corrected chi connectivity index (χ0v) is 13.7. The van der Waals surface area contributed by atoms with Gasteiger partial charge in [0, 0.05) is 16.0 Å². The van der Waals surface area contributed by atoms with Crippen LogP contribution >= 0.6 is 23.2 Å². The van der Waals surface area contributed by atoms with Gasteiger partial charge in [0.2, 0.25) is 0 Å². The van der Waals surface area contributed by atoms with Crippen molar-refractivity contribution < 1.29 is 23.1 Å². The fourth-order valence-electron chi connectivity index (χ4n) is 2.52. The molecule has 0 aliphatic rings. The third-order valence-corrected chi connectivity index (χ3v) is 4.08. The number of hydrogen-bond donors (Lipinski definition) is 1. The van der Waals surface area contributed by atoms with E-state index in [2.05, 4.69) is 4.98 Å². The minimum atomic E-state index is -4.61. The van der Waals surface area contributed by atoms with Gasteiger partial charge in [-0.15, -0.1) is 0 Å². The SMILES string of the molecule is O=C(O)c1cc(-c2ccccc2C(F)(F)F)nc2c(Cl)cc(Cl)cc12. The molecule has 0 spiro atoms. The molecule has 0 unspecified atom stereocenters. The molecular weight excluding hydrogens is 378 g/mol. The molecule has 0 aliphatic carbocycles. The second-order valence-corrected chi connectivity index (χ2v) is 6.03. The molecule has 1 heterocycles. The van der Waals surface area contributed by atoms with Gasteiger partial charge in [-0.25, -0.2) is 9.78 Å². The van der Waals surface area contributed by atoms with E-state index in [-0.39, 0.29) is 37.8 Å². The van der Waals surface area contributed by atoms with Crippen molar-refractivity contribution in [3.05, 3.63) is 63.6 Å². The highest BCUT2D eigenvalue weighted by Gasteiger charge is 2.34. The summed E-state index contributed by atoms with van der Waals surface area (Å²) in [5, 5.41) is 9.83. The fourth-order valence-corrected chi connectivity index (χ4v) is 3.06. The van der Waals surface area contributed by atoms with Gasteiger partial charge in [-0.3, -0.25) is 0 Å². The summed E-state index contributed by atoms with van der Waals surface area (Å²) < 4.78 is 39.8. The van der Waals surface area contributed by atoms with E-state index in [9.17, 15) is 23.1 Å². The van der Waals surface area contributed by atoms with Crippen molar-refractivity contribution in [1.82, 2.24) is 4.98 Å². The monoisotopic (exact) mass is 385 g/mol. The Morgan fingerprint density at radius 1 is 1.08 bits per heavy atom. The van der Waals surface area contributed by atoms with E-state index in [1.807, 2.05) is 0 Å². The van der Waals surface area contributed by atoms with Gasteiger partial charge in [0.1, 0.15) is 0 Å². The normalized spacial score (nSPS) is 11.7. The molecule has 0 atom stereocenters. The molecule has 2 aromatic carbocycles. The lowest BCUT2D eigenvalue weighted by Gasteiger charge is -2.14. The van der Waals surface area contributed by atoms with Crippen molar-refractivity contribution >= 4 is 40.1 Å². The second-order valence-electron chi connectivity index (χ2n) is 5.19. The third kappa shape index (κ3) is 3.27. The fraction of sp³-hybridized carbons (Fsp3) is 0.0588. The summed E-state index contributed by atoms with van der Waals surface area (Å²) >= 11 is 12.0. The number of nitrogens with zero attached hydrogens (tertiary/aromatic N) is 1. The van der Waals surface area contributed by atoms with E-state index in [1.54, 1.807) is 0 Å². The Morgan fingerprint density at radius 3 is 2.40 bits per heavy atom. The summed E-state index contributed by atoms with van der Waals surface area (Å²) in [7, 11) is 0. The van der Waals surface area contributed by atoms with Gasteiger partial charge >= 0.3 is 12.1 Å². The van der Waals surface area contributed by atoms with Crippen LogP contribution in [0.25, 0.3) is 22.2 Å². The Balaban J connectivity index is 2.39. The highest BCUT2D eigenvalue weighted by molar-refractivity contribution is 6.38. The van der Waals surface area contributed by atoms with Gasteiger partial charge in [-0.05, 0) is 24.3 Å². The number of carbonyl (C=O) groups is 1. The van der Waals surface area contributed by atoms with Gasteiger partial charge < -0.3 is 5.11 Å². The Labute approximate surface area is 149 Å². The molecule has 1 N–H and O–H groups in total. The molecule has 25 heavy (non-hydrogen) atoms. The molecule has 0 aliphatic heterocycles. The Morgan fingerprint density at radius 2 is 1.76 bits per heavy atom. The number of halogens is 5. The molecule has 128 valence electrons. The summed E-state index contributed by atoms with van der Waals surface area (Å²) in [6.07, 6.45) is -4.61. The lowest BCUT2D eigenvalue weighted by atomic mass is 10.00. The molecule has 0 amide bonds. The van der Waals surface area contributed by atoms with Crippen LogP contribution in [0, 0.1) is 0 Å².